The van der Waals surface area contributed by atoms with Gasteiger partial charge in [0, 0.05) is 31.5 Å². The largest absolute Gasteiger partial charge is 0.363 e. The average molecular weight is 300 g/mol. The maximum atomic E-state index is 12.1. The first kappa shape index (κ1) is 15.5. The number of H-pyrrole nitrogens is 1. The number of nitrogens with two attached hydrogens (primary N) is 1. The summed E-state index contributed by atoms with van der Waals surface area (Å²) in [7, 11) is -3.43. The topological polar surface area (TPSA) is 91.2 Å². The molecule has 0 amide bonds. The van der Waals surface area contributed by atoms with E-state index in [4.69, 9.17) is 5.73 Å². The van der Waals surface area contributed by atoms with Gasteiger partial charge in [-0.3, -0.25) is 0 Å². The Hall–Kier alpha value is -0.890. The second-order valence-corrected chi connectivity index (χ2v) is 7.30. The average Bonchev–Trinajstić information content (AvgIpc) is 3.07. The summed E-state index contributed by atoms with van der Waals surface area (Å²) < 4.78 is 26.9. The standard InChI is InChI=1S/C13H24N4O2S/c1-11(10-17-4-2-3-5-17)8-16-20(18,19)13-6-12(7-14)15-9-13/h6,9,11,15-16H,2-5,7-8,10,14H2,1H3. The minimum absolute atomic E-state index is 0.256. The normalized spacial score (nSPS) is 18.5. The number of nitrogens with one attached hydrogen (secondary N) is 2. The molecule has 1 unspecified atom stereocenters. The number of nitrogens with zero attached hydrogens (tertiary/aromatic N) is 1. The second-order valence-electron chi connectivity index (χ2n) is 5.53. The molecule has 7 heteroatoms. The Kier molecular flexibility index (Phi) is 5.20. The van der Waals surface area contributed by atoms with E-state index in [2.05, 4.69) is 21.5 Å². The van der Waals surface area contributed by atoms with Crippen molar-refractivity contribution in [2.45, 2.75) is 31.2 Å². The van der Waals surface area contributed by atoms with Crippen LogP contribution in [0, 0.1) is 5.92 Å². The second kappa shape index (κ2) is 6.71. The summed E-state index contributed by atoms with van der Waals surface area (Å²) in [5.41, 5.74) is 6.19. The summed E-state index contributed by atoms with van der Waals surface area (Å²) in [6, 6.07) is 1.58. The van der Waals surface area contributed by atoms with E-state index < -0.39 is 10.0 Å². The molecule has 0 radical (unpaired) electrons. The maximum absolute atomic E-state index is 12.1. The molecule has 0 bridgehead atoms. The van der Waals surface area contributed by atoms with Gasteiger partial charge in [-0.25, -0.2) is 13.1 Å². The summed E-state index contributed by atoms with van der Waals surface area (Å²) in [6.45, 7) is 6.05. The summed E-state index contributed by atoms with van der Waals surface area (Å²) in [5, 5.41) is 0. The third kappa shape index (κ3) is 4.05. The minimum Gasteiger partial charge on any atom is -0.363 e. The molecule has 4 N–H and O–H groups in total. The smallest absolute Gasteiger partial charge is 0.242 e. The van der Waals surface area contributed by atoms with Crippen LogP contribution in [0.2, 0.25) is 0 Å². The van der Waals surface area contributed by atoms with Gasteiger partial charge in [0.2, 0.25) is 10.0 Å². The Balaban J connectivity index is 1.85. The Bertz CT molecular complexity index is 520. The van der Waals surface area contributed by atoms with Gasteiger partial charge < -0.3 is 15.6 Å². The van der Waals surface area contributed by atoms with Crippen molar-refractivity contribution in [3.05, 3.63) is 18.0 Å². The number of aromatic amines is 1. The predicted octanol–water partition coefficient (Wildman–Crippen LogP) is 0.484. The lowest BCUT2D eigenvalue weighted by molar-refractivity contribution is 0.288. The van der Waals surface area contributed by atoms with E-state index in [1.165, 1.54) is 19.0 Å². The molecule has 0 aliphatic carbocycles. The lowest BCUT2D eigenvalue weighted by Gasteiger charge is -2.20. The molecule has 20 heavy (non-hydrogen) atoms. The zero-order valence-corrected chi connectivity index (χ0v) is 12.7. The highest BCUT2D eigenvalue weighted by atomic mass is 32.2. The van der Waals surface area contributed by atoms with Gasteiger partial charge in [-0.2, -0.15) is 0 Å². The van der Waals surface area contributed by atoms with Crippen molar-refractivity contribution in [1.82, 2.24) is 14.6 Å². The van der Waals surface area contributed by atoms with Gasteiger partial charge in [0.25, 0.3) is 0 Å². The molecular weight excluding hydrogens is 276 g/mol. The van der Waals surface area contributed by atoms with E-state index in [1.54, 1.807) is 6.07 Å². The van der Waals surface area contributed by atoms with Gasteiger partial charge >= 0.3 is 0 Å². The monoisotopic (exact) mass is 300 g/mol. The highest BCUT2D eigenvalue weighted by Gasteiger charge is 2.19. The molecule has 0 saturated carbocycles. The number of rotatable bonds is 7. The van der Waals surface area contributed by atoms with Crippen molar-refractivity contribution in [1.29, 1.82) is 0 Å². The van der Waals surface area contributed by atoms with E-state index in [9.17, 15) is 8.42 Å². The molecule has 1 saturated heterocycles. The van der Waals surface area contributed by atoms with Crippen LogP contribution < -0.4 is 10.5 Å². The number of aromatic nitrogens is 1. The fraction of sp³-hybridized carbons (Fsp3) is 0.692. The number of likely N-dealkylation sites (tertiary alicyclic amines) is 1. The lowest BCUT2D eigenvalue weighted by atomic mass is 10.2. The molecule has 1 aliphatic rings. The van der Waals surface area contributed by atoms with E-state index in [-0.39, 0.29) is 4.90 Å². The third-order valence-corrected chi connectivity index (χ3v) is 5.04. The molecule has 1 fully saturated rings. The van der Waals surface area contributed by atoms with E-state index in [0.717, 1.165) is 25.3 Å². The van der Waals surface area contributed by atoms with Gasteiger partial charge in [0.05, 0.1) is 4.90 Å². The summed E-state index contributed by atoms with van der Waals surface area (Å²) in [6.07, 6.45) is 3.99. The molecule has 0 spiro atoms. The lowest BCUT2D eigenvalue weighted by Crippen LogP contribution is -2.34. The third-order valence-electron chi connectivity index (χ3n) is 3.64. The number of hydrogen-bond acceptors (Lipinski definition) is 4. The van der Waals surface area contributed by atoms with Gasteiger partial charge in [0.15, 0.2) is 0 Å². The van der Waals surface area contributed by atoms with E-state index in [0.29, 0.717) is 19.0 Å². The molecule has 2 rings (SSSR count). The highest BCUT2D eigenvalue weighted by Crippen LogP contribution is 2.12. The fourth-order valence-electron chi connectivity index (χ4n) is 2.50. The molecule has 6 nitrogen and oxygen atoms in total. The van der Waals surface area contributed by atoms with Crippen LogP contribution >= 0.6 is 0 Å². The number of sulfonamides is 1. The Morgan fingerprint density at radius 3 is 2.75 bits per heavy atom. The summed E-state index contributed by atoms with van der Waals surface area (Å²) >= 11 is 0. The molecule has 1 aromatic rings. The quantitative estimate of drug-likeness (QED) is 0.683. The molecule has 1 aromatic heterocycles. The maximum Gasteiger partial charge on any atom is 0.242 e. The van der Waals surface area contributed by atoms with Crippen molar-refractivity contribution in [3.8, 4) is 0 Å². The van der Waals surface area contributed by atoms with Gasteiger partial charge in [-0.1, -0.05) is 6.92 Å². The van der Waals surface area contributed by atoms with Crippen molar-refractivity contribution in [2.24, 2.45) is 11.7 Å². The summed E-state index contributed by atoms with van der Waals surface area (Å²) in [4.78, 5) is 5.50. The highest BCUT2D eigenvalue weighted by molar-refractivity contribution is 7.89. The molecule has 2 heterocycles. The van der Waals surface area contributed by atoms with Crippen LogP contribution in [-0.4, -0.2) is 44.5 Å². The molecular formula is C13H24N4O2S. The van der Waals surface area contributed by atoms with Crippen LogP contribution in [0.4, 0.5) is 0 Å². The Morgan fingerprint density at radius 1 is 1.45 bits per heavy atom. The van der Waals surface area contributed by atoms with Crippen LogP contribution in [0.3, 0.4) is 0 Å². The first-order valence-electron chi connectivity index (χ1n) is 7.10. The van der Waals surface area contributed by atoms with Crippen LogP contribution in [0.15, 0.2) is 17.2 Å². The van der Waals surface area contributed by atoms with Crippen LogP contribution in [0.25, 0.3) is 0 Å². The molecule has 114 valence electrons. The molecule has 0 aromatic carbocycles. The first-order valence-corrected chi connectivity index (χ1v) is 8.59. The van der Waals surface area contributed by atoms with Gasteiger partial charge in [-0.15, -0.1) is 0 Å². The molecule has 1 atom stereocenters. The van der Waals surface area contributed by atoms with Crippen LogP contribution in [0.5, 0.6) is 0 Å². The van der Waals surface area contributed by atoms with Crippen molar-refractivity contribution in [2.75, 3.05) is 26.2 Å². The van der Waals surface area contributed by atoms with Crippen molar-refractivity contribution >= 4 is 10.0 Å². The Labute approximate surface area is 120 Å². The molecule has 1 aliphatic heterocycles. The SMILES string of the molecule is CC(CNS(=O)(=O)c1c[nH]c(CN)c1)CN1CCCC1. The van der Waals surface area contributed by atoms with Crippen LogP contribution in [0.1, 0.15) is 25.5 Å². The zero-order valence-electron chi connectivity index (χ0n) is 11.9. The predicted molar refractivity (Wildman–Crippen MR) is 78.7 cm³/mol. The fourth-order valence-corrected chi connectivity index (χ4v) is 3.68. The van der Waals surface area contributed by atoms with Crippen molar-refractivity contribution in [3.63, 3.8) is 0 Å². The summed E-state index contributed by atoms with van der Waals surface area (Å²) in [5.74, 6) is 0.302. The Morgan fingerprint density at radius 2 is 2.15 bits per heavy atom. The first-order chi connectivity index (χ1) is 9.51. The zero-order chi connectivity index (χ0) is 14.6. The van der Waals surface area contributed by atoms with Crippen LogP contribution in [-0.2, 0) is 16.6 Å². The van der Waals surface area contributed by atoms with Gasteiger partial charge in [0.1, 0.15) is 0 Å². The number of hydrogen-bond donors (Lipinski definition) is 3. The van der Waals surface area contributed by atoms with Gasteiger partial charge in [-0.05, 0) is 37.9 Å². The van der Waals surface area contributed by atoms with E-state index in [1.807, 2.05) is 0 Å². The van der Waals surface area contributed by atoms with E-state index >= 15 is 0 Å². The van der Waals surface area contributed by atoms with Crippen molar-refractivity contribution < 1.29 is 8.42 Å². The minimum atomic E-state index is -3.43.